The average molecular weight is 926 g/mol. The van der Waals surface area contributed by atoms with E-state index in [9.17, 15) is 68.4 Å². The second-order valence-corrected chi connectivity index (χ2v) is 24.5. The van der Waals surface area contributed by atoms with Crippen LogP contribution >= 0.6 is 0 Å². The molecule has 0 radical (unpaired) electrons. The molecule has 1 aromatic carbocycles. The summed E-state index contributed by atoms with van der Waals surface area (Å²) in [5.41, 5.74) is -9.75. The number of aryl methyl sites for hydroxylation is 2. The van der Waals surface area contributed by atoms with Gasteiger partial charge in [-0.25, -0.2) is 50.7 Å². The Morgan fingerprint density at radius 2 is 1.21 bits per heavy atom. The van der Waals surface area contributed by atoms with Crippen molar-refractivity contribution in [2.24, 2.45) is 0 Å². The van der Waals surface area contributed by atoms with Crippen LogP contribution in [0.3, 0.4) is 0 Å². The molecule has 0 bridgehead atoms. The van der Waals surface area contributed by atoms with Gasteiger partial charge in [0.1, 0.15) is 16.4 Å². The van der Waals surface area contributed by atoms with Gasteiger partial charge in [-0.05, 0) is 77.2 Å². The molecule has 0 spiro atoms. The summed E-state index contributed by atoms with van der Waals surface area (Å²) >= 11 is 0. The quantitative estimate of drug-likeness (QED) is 0.121. The number of anilines is 1. The lowest BCUT2D eigenvalue weighted by Gasteiger charge is -2.27. The van der Waals surface area contributed by atoms with Gasteiger partial charge in [0.2, 0.25) is 29.9 Å². The van der Waals surface area contributed by atoms with Crippen molar-refractivity contribution in [1.82, 2.24) is 8.61 Å². The lowest BCUT2D eigenvalue weighted by atomic mass is 10.2. The summed E-state index contributed by atoms with van der Waals surface area (Å²) < 4.78 is 202. The molecule has 0 aliphatic heterocycles. The molecule has 2 rings (SSSR count). The Morgan fingerprint density at radius 1 is 0.719 bits per heavy atom. The van der Waals surface area contributed by atoms with Gasteiger partial charge in [-0.1, -0.05) is 37.6 Å². The molecule has 0 N–H and O–H groups in total. The van der Waals surface area contributed by atoms with E-state index >= 15 is 0 Å². The van der Waals surface area contributed by atoms with E-state index in [1.807, 2.05) is 43.1 Å². The highest BCUT2D eigenvalue weighted by Gasteiger charge is 2.63. The van der Waals surface area contributed by atoms with Gasteiger partial charge in [0, 0.05) is 46.5 Å². The van der Waals surface area contributed by atoms with Gasteiger partial charge in [-0.3, -0.25) is 0 Å². The number of rotatable bonds is 19. The third-order valence-corrected chi connectivity index (χ3v) is 21.7. The van der Waals surface area contributed by atoms with Crippen LogP contribution in [0, 0.1) is 13.8 Å². The lowest BCUT2D eigenvalue weighted by molar-refractivity contribution is -0.0443. The molecule has 2 aromatic rings. The fraction of sp³-hybridized carbons (Fsp3) is 0.625. The van der Waals surface area contributed by atoms with E-state index in [4.69, 9.17) is 4.42 Å². The van der Waals surface area contributed by atoms with Crippen LogP contribution in [0.25, 0.3) is 6.08 Å². The Labute approximate surface area is 331 Å². The Bertz CT molecular complexity index is 2220. The molecule has 2 unspecified atom stereocenters. The second-order valence-electron chi connectivity index (χ2n) is 12.9. The van der Waals surface area contributed by atoms with E-state index in [-0.39, 0.29) is 29.6 Å². The number of sulfonamides is 2. The van der Waals surface area contributed by atoms with Crippen molar-refractivity contribution in [3.05, 3.63) is 53.5 Å². The molecule has 1 heterocycles. The number of hydrogen-bond donors (Lipinski definition) is 0. The maximum Gasteiger partial charge on any atom is 0.499 e. The summed E-state index contributed by atoms with van der Waals surface area (Å²) in [6.07, 6.45) is 2.87. The summed E-state index contributed by atoms with van der Waals surface area (Å²) in [4.78, 5) is 0.915. The van der Waals surface area contributed by atoms with Crippen molar-refractivity contribution in [1.29, 1.82) is 0 Å². The van der Waals surface area contributed by atoms with Crippen LogP contribution < -0.4 is 4.90 Å². The third-order valence-electron chi connectivity index (χ3n) is 8.02. The predicted octanol–water partition coefficient (Wildman–Crippen LogP) is 5.82. The maximum absolute atomic E-state index is 13.3. The number of unbranched alkanes of at least 4 members (excludes halogenated alkanes) is 1. The molecule has 0 aliphatic rings. The zero-order valence-corrected chi connectivity index (χ0v) is 36.6. The SMILES string of the molecule is C/C=C/c1oc(C)cc1S(=O)(=O)C(S(=O)(=O)N(C)C)S(=O)(=O)C(F)(F)F.CCCN(CCC)S(=O)(=O)C(CCCCN(C)c1ccc(C)cc1)S(=O)(=O)C(F)(F)F. The van der Waals surface area contributed by atoms with Crippen LogP contribution in [0.4, 0.5) is 32.0 Å². The molecule has 57 heavy (non-hydrogen) atoms. The van der Waals surface area contributed by atoms with E-state index in [0.29, 0.717) is 25.8 Å². The Hall–Kier alpha value is -2.71. The van der Waals surface area contributed by atoms with Crippen LogP contribution in [-0.4, -0.2) is 111 Å². The van der Waals surface area contributed by atoms with Crippen molar-refractivity contribution in [3.8, 4) is 0 Å². The van der Waals surface area contributed by atoms with Crippen molar-refractivity contribution < 1.29 is 72.8 Å². The van der Waals surface area contributed by atoms with E-state index in [1.54, 1.807) is 13.8 Å². The third kappa shape index (κ3) is 12.6. The minimum absolute atomic E-state index is 0.0176. The Morgan fingerprint density at radius 3 is 1.63 bits per heavy atom. The molecule has 14 nitrogen and oxygen atoms in total. The number of allylic oxidation sites excluding steroid dienone is 1. The van der Waals surface area contributed by atoms with Crippen molar-refractivity contribution in [3.63, 3.8) is 0 Å². The first-order chi connectivity index (χ1) is 25.8. The highest BCUT2D eigenvalue weighted by molar-refractivity contribution is 8.23. The molecular formula is C32H49F6N3O11S5. The minimum Gasteiger partial charge on any atom is -0.461 e. The standard InChI is InChI=1S/C20H33F3N2O4S2.C12H16F3NO7S3/c1-5-14-25(15-6-2)31(28,29)19(30(26,27)20(21,22)23)9-7-8-16-24(4)18-12-10-17(3)11-13-18;1-5-6-9-10(7-8(2)23-9)24(17,18)11(26(21,22)16(3)4)25(19,20)12(13,14)15/h10-13,19H,5-9,14-16H2,1-4H3;5-7,11H,1-4H3/b;6-5+. The molecule has 330 valence electrons. The highest BCUT2D eigenvalue weighted by Crippen LogP contribution is 2.38. The smallest absolute Gasteiger partial charge is 0.461 e. The number of furan rings is 1. The maximum atomic E-state index is 13.3. The summed E-state index contributed by atoms with van der Waals surface area (Å²) in [6, 6.07) is 8.43. The highest BCUT2D eigenvalue weighted by atomic mass is 32.3. The van der Waals surface area contributed by atoms with Crippen LogP contribution in [0.2, 0.25) is 0 Å². The number of nitrogens with zero attached hydrogens (tertiary/aromatic N) is 3. The van der Waals surface area contributed by atoms with Crippen LogP contribution in [0.1, 0.15) is 70.0 Å². The topological polar surface area (TPSA) is 194 Å². The Kier molecular flexibility index (Phi) is 18.4. The molecule has 0 amide bonds. The van der Waals surface area contributed by atoms with Crippen molar-refractivity contribution >= 4 is 61.3 Å². The molecule has 0 saturated heterocycles. The van der Waals surface area contributed by atoms with E-state index in [1.165, 1.54) is 19.9 Å². The van der Waals surface area contributed by atoms with Crippen LogP contribution in [0.15, 0.2) is 45.7 Å². The van der Waals surface area contributed by atoms with E-state index in [0.717, 1.165) is 41.8 Å². The zero-order valence-electron chi connectivity index (χ0n) is 32.5. The largest absolute Gasteiger partial charge is 0.499 e. The molecule has 25 heteroatoms. The fourth-order valence-electron chi connectivity index (χ4n) is 5.10. The summed E-state index contributed by atoms with van der Waals surface area (Å²) in [5, 5.41) is 0. The van der Waals surface area contributed by atoms with Crippen molar-refractivity contribution in [2.75, 3.05) is 45.7 Å². The average Bonchev–Trinajstić information content (AvgIpc) is 3.44. The van der Waals surface area contributed by atoms with Gasteiger partial charge < -0.3 is 9.32 Å². The van der Waals surface area contributed by atoms with E-state index in [2.05, 4.69) is 0 Å². The van der Waals surface area contributed by atoms with Crippen LogP contribution in [0.5, 0.6) is 0 Å². The number of benzene rings is 1. The monoisotopic (exact) mass is 925 g/mol. The number of alkyl halides is 6. The lowest BCUT2D eigenvalue weighted by Crippen LogP contribution is -2.48. The van der Waals surface area contributed by atoms with Gasteiger partial charge in [-0.2, -0.15) is 26.3 Å². The van der Waals surface area contributed by atoms with E-state index < -0.39 is 86.1 Å². The first-order valence-corrected chi connectivity index (χ1v) is 24.7. The summed E-state index contributed by atoms with van der Waals surface area (Å²) in [5.74, 6) is -0.552. The fourth-order valence-corrected chi connectivity index (χ4v) is 17.2. The molecule has 0 fully saturated rings. The summed E-state index contributed by atoms with van der Waals surface area (Å²) in [7, 11) is -24.9. The van der Waals surface area contributed by atoms with Gasteiger partial charge in [0.25, 0.3) is 23.6 Å². The molecule has 1 aromatic heterocycles. The second kappa shape index (κ2) is 20.0. The molecule has 0 saturated carbocycles. The van der Waals surface area contributed by atoms with Gasteiger partial charge in [0.15, 0.2) is 4.58 Å². The van der Waals surface area contributed by atoms with Crippen molar-refractivity contribution in [2.45, 2.75) is 91.1 Å². The predicted molar refractivity (Wildman–Crippen MR) is 205 cm³/mol. The van der Waals surface area contributed by atoms with Gasteiger partial charge >= 0.3 is 11.0 Å². The van der Waals surface area contributed by atoms with Gasteiger partial charge in [0.05, 0.1) is 0 Å². The first-order valence-electron chi connectivity index (χ1n) is 17.0. The number of sulfone groups is 3. The minimum atomic E-state index is -6.65. The number of hydrogen-bond acceptors (Lipinski definition) is 12. The molecule has 2 atom stereocenters. The molecular weight excluding hydrogens is 877 g/mol. The Balaban J connectivity index is 0.000000579. The van der Waals surface area contributed by atoms with Crippen LogP contribution in [-0.2, 0) is 49.6 Å². The molecule has 0 aliphatic carbocycles. The zero-order chi connectivity index (χ0) is 44.6. The van der Waals surface area contributed by atoms with Gasteiger partial charge in [-0.15, -0.1) is 0 Å². The number of halogens is 6. The summed E-state index contributed by atoms with van der Waals surface area (Å²) in [6.45, 7) is 8.45. The normalized spacial score (nSPS) is 14.8. The first kappa shape index (κ1) is 52.3.